The lowest BCUT2D eigenvalue weighted by molar-refractivity contribution is -0.120. The summed E-state index contributed by atoms with van der Waals surface area (Å²) in [5.41, 5.74) is 3.93. The first-order valence-electron chi connectivity index (χ1n) is 11.4. The van der Waals surface area contributed by atoms with Gasteiger partial charge in [-0.1, -0.05) is 58.7 Å². The maximum Gasteiger partial charge on any atom is 0.248 e. The van der Waals surface area contributed by atoms with Gasteiger partial charge in [-0.15, -0.1) is 0 Å². The molecule has 184 valence electrons. The number of piperidine rings is 1. The quantitative estimate of drug-likeness (QED) is 0.472. The Hall–Kier alpha value is -2.94. The predicted molar refractivity (Wildman–Crippen MR) is 138 cm³/mol. The lowest BCUT2D eigenvalue weighted by atomic mass is 9.97. The average molecular weight is 514 g/mol. The van der Waals surface area contributed by atoms with Crippen molar-refractivity contribution in [3.05, 3.63) is 75.6 Å². The summed E-state index contributed by atoms with van der Waals surface area (Å²) in [7, 11) is -3.84. The Morgan fingerprint density at radius 1 is 1.06 bits per heavy atom. The molecule has 1 aliphatic rings. The van der Waals surface area contributed by atoms with Gasteiger partial charge in [-0.2, -0.15) is 4.31 Å². The first-order chi connectivity index (χ1) is 16.6. The zero-order valence-corrected chi connectivity index (χ0v) is 21.5. The molecule has 4 rings (SSSR count). The van der Waals surface area contributed by atoms with Crippen LogP contribution < -0.4 is 5.32 Å². The van der Waals surface area contributed by atoms with Gasteiger partial charge >= 0.3 is 0 Å². The first kappa shape index (κ1) is 25.2. The highest BCUT2D eigenvalue weighted by Gasteiger charge is 2.36. The van der Waals surface area contributed by atoms with Gasteiger partial charge in [0.15, 0.2) is 10.7 Å². The molecule has 0 spiro atoms. The van der Waals surface area contributed by atoms with Crippen molar-refractivity contribution in [2.24, 2.45) is 5.92 Å². The molecular formula is C26H28ClN3O4S. The van der Waals surface area contributed by atoms with Gasteiger partial charge in [0.1, 0.15) is 5.69 Å². The standard InChI is InChI=1S/C26H28ClN3O4S/c1-17-4-7-20(8-5-17)9-11-24-25(19(3)29-34-24)35(32,33)30-14-12-21(13-15-30)26(31)28-23-10-6-18(2)16-22(23)27/h4-11,16,21H,12-15H2,1-3H3,(H,28,31)/b11-9+. The Morgan fingerprint density at radius 2 is 1.71 bits per heavy atom. The number of anilines is 1. The number of sulfonamides is 1. The number of hydrogen-bond donors (Lipinski definition) is 1. The third-order valence-corrected chi connectivity index (χ3v) is 8.51. The van der Waals surface area contributed by atoms with Gasteiger partial charge in [-0.05, 0) is 62.9 Å². The van der Waals surface area contributed by atoms with Gasteiger partial charge in [0.2, 0.25) is 15.9 Å². The summed E-state index contributed by atoms with van der Waals surface area (Å²) in [4.78, 5) is 12.8. The highest BCUT2D eigenvalue weighted by Crippen LogP contribution is 2.30. The van der Waals surface area contributed by atoms with Crippen LogP contribution in [0.2, 0.25) is 5.02 Å². The fourth-order valence-corrected chi connectivity index (χ4v) is 6.09. The van der Waals surface area contributed by atoms with E-state index in [1.807, 2.05) is 44.2 Å². The van der Waals surface area contributed by atoms with E-state index in [0.717, 1.165) is 16.7 Å². The van der Waals surface area contributed by atoms with Crippen LogP contribution in [0.1, 0.15) is 41.0 Å². The van der Waals surface area contributed by atoms with Crippen molar-refractivity contribution in [1.29, 1.82) is 0 Å². The maximum absolute atomic E-state index is 13.5. The van der Waals surface area contributed by atoms with Gasteiger partial charge in [-0.25, -0.2) is 8.42 Å². The zero-order chi connectivity index (χ0) is 25.2. The second kappa shape index (κ2) is 10.4. The molecule has 0 atom stereocenters. The zero-order valence-electron chi connectivity index (χ0n) is 19.9. The lowest BCUT2D eigenvalue weighted by Crippen LogP contribution is -2.41. The van der Waals surface area contributed by atoms with Crippen molar-refractivity contribution in [2.75, 3.05) is 18.4 Å². The number of halogens is 1. The molecule has 1 aliphatic heterocycles. The highest BCUT2D eigenvalue weighted by molar-refractivity contribution is 7.89. The molecule has 1 N–H and O–H groups in total. The number of benzene rings is 2. The molecule has 35 heavy (non-hydrogen) atoms. The predicted octanol–water partition coefficient (Wildman–Crippen LogP) is 5.46. The monoisotopic (exact) mass is 513 g/mol. The van der Waals surface area contributed by atoms with E-state index in [2.05, 4.69) is 10.5 Å². The summed E-state index contributed by atoms with van der Waals surface area (Å²) < 4.78 is 33.7. The van der Waals surface area contributed by atoms with Gasteiger partial charge in [0, 0.05) is 19.0 Å². The Bertz CT molecular complexity index is 1360. The second-order valence-electron chi connectivity index (χ2n) is 8.86. The summed E-state index contributed by atoms with van der Waals surface area (Å²) in [6, 6.07) is 13.3. The minimum atomic E-state index is -3.84. The fraction of sp³-hybridized carbons (Fsp3) is 0.308. The number of carbonyl (C=O) groups is 1. The fourth-order valence-electron chi connectivity index (χ4n) is 4.09. The van der Waals surface area contributed by atoms with E-state index in [0.29, 0.717) is 29.2 Å². The van der Waals surface area contributed by atoms with Crippen LogP contribution in [0, 0.1) is 26.7 Å². The number of nitrogens with one attached hydrogen (secondary N) is 1. The van der Waals surface area contributed by atoms with Crippen molar-refractivity contribution in [3.8, 4) is 0 Å². The molecule has 9 heteroatoms. The Kier molecular flexibility index (Phi) is 7.44. The minimum absolute atomic E-state index is 0.0650. The van der Waals surface area contributed by atoms with Crippen LogP contribution in [0.15, 0.2) is 51.9 Å². The Labute approximate surface area is 210 Å². The van der Waals surface area contributed by atoms with Gasteiger partial charge in [0.05, 0.1) is 10.7 Å². The van der Waals surface area contributed by atoms with Gasteiger partial charge in [-0.3, -0.25) is 4.79 Å². The number of aryl methyl sites for hydroxylation is 3. The van der Waals surface area contributed by atoms with Crippen molar-refractivity contribution < 1.29 is 17.7 Å². The Morgan fingerprint density at radius 3 is 2.37 bits per heavy atom. The van der Waals surface area contributed by atoms with Crippen LogP contribution in [0.25, 0.3) is 12.2 Å². The number of rotatable bonds is 6. The molecule has 0 radical (unpaired) electrons. The van der Waals surface area contributed by atoms with Crippen molar-refractivity contribution in [1.82, 2.24) is 9.46 Å². The molecule has 0 bridgehead atoms. The molecule has 0 saturated carbocycles. The van der Waals surface area contributed by atoms with E-state index in [9.17, 15) is 13.2 Å². The van der Waals surface area contributed by atoms with Crippen LogP contribution in [0.4, 0.5) is 5.69 Å². The van der Waals surface area contributed by atoms with Gasteiger partial charge < -0.3 is 9.84 Å². The van der Waals surface area contributed by atoms with E-state index >= 15 is 0 Å². The third-order valence-electron chi connectivity index (χ3n) is 6.14. The van der Waals surface area contributed by atoms with Crippen LogP contribution in [-0.2, 0) is 14.8 Å². The van der Waals surface area contributed by atoms with Gasteiger partial charge in [0.25, 0.3) is 0 Å². The van der Waals surface area contributed by atoms with Crippen molar-refractivity contribution >= 4 is 45.4 Å². The third kappa shape index (κ3) is 5.66. The summed E-state index contributed by atoms with van der Waals surface area (Å²) in [5.74, 6) is -0.268. The van der Waals surface area contributed by atoms with E-state index in [-0.39, 0.29) is 35.6 Å². The maximum atomic E-state index is 13.5. The molecular weight excluding hydrogens is 486 g/mol. The van der Waals surface area contributed by atoms with Crippen molar-refractivity contribution in [3.63, 3.8) is 0 Å². The van der Waals surface area contributed by atoms with Crippen LogP contribution in [0.5, 0.6) is 0 Å². The number of hydrogen-bond acceptors (Lipinski definition) is 5. The Balaban J connectivity index is 1.45. The van der Waals surface area contributed by atoms with Crippen LogP contribution >= 0.6 is 11.6 Å². The van der Waals surface area contributed by atoms with Crippen LogP contribution in [0.3, 0.4) is 0 Å². The SMILES string of the molecule is Cc1ccc(/C=C/c2onc(C)c2S(=O)(=O)N2CCC(C(=O)Nc3ccc(C)cc3Cl)CC2)cc1. The molecule has 2 aromatic carbocycles. The molecule has 0 unspecified atom stereocenters. The summed E-state index contributed by atoms with van der Waals surface area (Å²) in [5, 5.41) is 7.25. The highest BCUT2D eigenvalue weighted by atomic mass is 35.5. The summed E-state index contributed by atoms with van der Waals surface area (Å²) in [6.07, 6.45) is 4.25. The normalized spacial score (nSPS) is 15.5. The molecule has 3 aromatic rings. The molecule has 0 aliphatic carbocycles. The van der Waals surface area contributed by atoms with Crippen LogP contribution in [-0.4, -0.2) is 36.9 Å². The average Bonchev–Trinajstić information content (AvgIpc) is 3.21. The molecule has 1 aromatic heterocycles. The van der Waals surface area contributed by atoms with E-state index in [1.54, 1.807) is 31.2 Å². The lowest BCUT2D eigenvalue weighted by Gasteiger charge is -2.30. The molecule has 7 nitrogen and oxygen atoms in total. The minimum Gasteiger partial charge on any atom is -0.355 e. The number of aromatic nitrogens is 1. The number of carbonyl (C=O) groups excluding carboxylic acids is 1. The smallest absolute Gasteiger partial charge is 0.248 e. The van der Waals surface area contributed by atoms with Crippen molar-refractivity contribution in [2.45, 2.75) is 38.5 Å². The molecule has 2 heterocycles. The molecule has 1 saturated heterocycles. The molecule has 1 fully saturated rings. The summed E-state index contributed by atoms with van der Waals surface area (Å²) >= 11 is 6.23. The number of amides is 1. The van der Waals surface area contributed by atoms with E-state index in [4.69, 9.17) is 16.1 Å². The topological polar surface area (TPSA) is 92.5 Å². The first-order valence-corrected chi connectivity index (χ1v) is 13.2. The largest absolute Gasteiger partial charge is 0.355 e. The second-order valence-corrected chi connectivity index (χ2v) is 11.1. The summed E-state index contributed by atoms with van der Waals surface area (Å²) in [6.45, 7) is 6.00. The van der Waals surface area contributed by atoms with E-state index in [1.165, 1.54) is 4.31 Å². The number of nitrogens with zero attached hydrogens (tertiary/aromatic N) is 2. The molecule has 1 amide bonds. The van der Waals surface area contributed by atoms with E-state index < -0.39 is 10.0 Å².